The summed E-state index contributed by atoms with van der Waals surface area (Å²) in [6.45, 7) is 3.72. The number of furan rings is 1. The summed E-state index contributed by atoms with van der Waals surface area (Å²) in [5.74, 6) is -1.70. The fourth-order valence-corrected chi connectivity index (χ4v) is 6.45. The standard InChI is InChI=1S/C22H24O7/c1-12(23)28-18-17(13-7-9-26-10-13)29-20(25)14-6-8-22-11-27-19(24)15(22)4-3-5-16(22)21(14,18)2/h3-4,7,9-10,14-18H,5-6,8,11H2,1-2H3. The number of esters is 3. The van der Waals surface area contributed by atoms with E-state index in [2.05, 4.69) is 0 Å². The molecule has 0 bridgehead atoms. The van der Waals surface area contributed by atoms with Crippen LogP contribution in [-0.2, 0) is 28.6 Å². The fourth-order valence-electron chi connectivity index (χ4n) is 6.45. The van der Waals surface area contributed by atoms with Gasteiger partial charge in [-0.1, -0.05) is 19.1 Å². The predicted octanol–water partition coefficient (Wildman–Crippen LogP) is 2.96. The van der Waals surface area contributed by atoms with Gasteiger partial charge < -0.3 is 18.6 Å². The minimum Gasteiger partial charge on any atom is -0.472 e. The molecule has 1 saturated carbocycles. The molecule has 2 saturated heterocycles. The Hall–Kier alpha value is -2.57. The molecule has 4 aliphatic rings. The van der Waals surface area contributed by atoms with E-state index in [-0.39, 0.29) is 29.2 Å². The van der Waals surface area contributed by atoms with Crippen LogP contribution in [0.25, 0.3) is 0 Å². The molecule has 2 aliphatic carbocycles. The SMILES string of the molecule is CC(=O)OC1C(c2ccoc2)OC(=O)C2CCC34COC(=O)C3C=CCC4C21C. The second kappa shape index (κ2) is 6.21. The molecule has 0 amide bonds. The van der Waals surface area contributed by atoms with E-state index in [0.29, 0.717) is 31.4 Å². The van der Waals surface area contributed by atoms with Crippen molar-refractivity contribution in [2.24, 2.45) is 28.6 Å². The lowest BCUT2D eigenvalue weighted by Gasteiger charge is -2.61. The Morgan fingerprint density at radius 1 is 1.28 bits per heavy atom. The quantitative estimate of drug-likeness (QED) is 0.428. The minimum absolute atomic E-state index is 0.0539. The normalized spacial score (nSPS) is 42.9. The zero-order valence-electron chi connectivity index (χ0n) is 16.5. The summed E-state index contributed by atoms with van der Waals surface area (Å²) in [6.07, 6.45) is 7.53. The van der Waals surface area contributed by atoms with Crippen molar-refractivity contribution in [3.05, 3.63) is 36.3 Å². The van der Waals surface area contributed by atoms with Crippen molar-refractivity contribution in [1.29, 1.82) is 0 Å². The number of cyclic esters (lactones) is 2. The van der Waals surface area contributed by atoms with E-state index in [0.717, 1.165) is 0 Å². The van der Waals surface area contributed by atoms with Crippen molar-refractivity contribution in [1.82, 2.24) is 0 Å². The lowest BCUT2D eigenvalue weighted by atomic mass is 9.44. The molecule has 0 radical (unpaired) electrons. The largest absolute Gasteiger partial charge is 0.472 e. The van der Waals surface area contributed by atoms with E-state index < -0.39 is 29.5 Å². The average Bonchev–Trinajstić information content (AvgIpc) is 3.32. The van der Waals surface area contributed by atoms with Gasteiger partial charge in [0.1, 0.15) is 6.10 Å². The van der Waals surface area contributed by atoms with Gasteiger partial charge in [0.2, 0.25) is 0 Å². The van der Waals surface area contributed by atoms with Gasteiger partial charge in [-0.15, -0.1) is 0 Å². The minimum atomic E-state index is -0.746. The molecular formula is C22H24O7. The summed E-state index contributed by atoms with van der Waals surface area (Å²) in [5.41, 5.74) is -0.419. The first-order valence-electron chi connectivity index (χ1n) is 10.1. The first-order chi connectivity index (χ1) is 13.9. The van der Waals surface area contributed by atoms with Crippen LogP contribution in [-0.4, -0.2) is 30.6 Å². The van der Waals surface area contributed by atoms with Crippen molar-refractivity contribution in [2.45, 2.75) is 45.3 Å². The predicted molar refractivity (Wildman–Crippen MR) is 98.1 cm³/mol. The van der Waals surface area contributed by atoms with Crippen molar-refractivity contribution in [2.75, 3.05) is 6.61 Å². The number of fused-ring (bicyclic) bond motifs is 2. The first kappa shape index (κ1) is 18.5. The number of hydrogen-bond donors (Lipinski definition) is 0. The molecule has 1 spiro atoms. The van der Waals surface area contributed by atoms with Crippen LogP contribution in [0.15, 0.2) is 35.2 Å². The van der Waals surface area contributed by atoms with Crippen LogP contribution in [0.1, 0.15) is 44.8 Å². The molecule has 1 aromatic rings. The second-order valence-electron chi connectivity index (χ2n) is 8.94. The van der Waals surface area contributed by atoms with Crippen molar-refractivity contribution < 1.29 is 33.0 Å². The van der Waals surface area contributed by atoms with Gasteiger partial charge >= 0.3 is 17.9 Å². The molecular weight excluding hydrogens is 376 g/mol. The lowest BCUT2D eigenvalue weighted by molar-refractivity contribution is -0.240. The third kappa shape index (κ3) is 2.39. The highest BCUT2D eigenvalue weighted by Crippen LogP contribution is 2.66. The Morgan fingerprint density at radius 2 is 2.10 bits per heavy atom. The van der Waals surface area contributed by atoms with Crippen LogP contribution in [0, 0.1) is 28.6 Å². The third-order valence-electron chi connectivity index (χ3n) is 7.73. The maximum atomic E-state index is 13.1. The number of ether oxygens (including phenoxy) is 3. The van der Waals surface area contributed by atoms with Crippen LogP contribution in [0.5, 0.6) is 0 Å². The third-order valence-corrected chi connectivity index (χ3v) is 7.73. The Balaban J connectivity index is 1.65. The molecule has 1 aromatic heterocycles. The number of rotatable bonds is 2. The molecule has 154 valence electrons. The molecule has 3 fully saturated rings. The number of carbonyl (C=O) groups is 3. The van der Waals surface area contributed by atoms with Gasteiger partial charge in [-0.2, -0.15) is 0 Å². The topological polar surface area (TPSA) is 92.0 Å². The Labute approximate surface area is 168 Å². The van der Waals surface area contributed by atoms with Gasteiger partial charge in [-0.05, 0) is 31.2 Å². The molecule has 29 heavy (non-hydrogen) atoms. The van der Waals surface area contributed by atoms with Crippen molar-refractivity contribution in [3.8, 4) is 0 Å². The van der Waals surface area contributed by atoms with E-state index in [9.17, 15) is 14.4 Å². The summed E-state index contributed by atoms with van der Waals surface area (Å²) in [5, 5.41) is 0. The summed E-state index contributed by atoms with van der Waals surface area (Å²) in [7, 11) is 0. The second-order valence-corrected chi connectivity index (χ2v) is 8.94. The molecule has 3 heterocycles. The van der Waals surface area contributed by atoms with E-state index >= 15 is 0 Å². The van der Waals surface area contributed by atoms with Gasteiger partial charge in [-0.3, -0.25) is 14.4 Å². The van der Waals surface area contributed by atoms with Crippen LogP contribution in [0.4, 0.5) is 0 Å². The number of carbonyl (C=O) groups excluding carboxylic acids is 3. The van der Waals surface area contributed by atoms with Crippen molar-refractivity contribution in [3.63, 3.8) is 0 Å². The molecule has 0 N–H and O–H groups in total. The maximum Gasteiger partial charge on any atom is 0.313 e. The van der Waals surface area contributed by atoms with Crippen LogP contribution >= 0.6 is 0 Å². The van der Waals surface area contributed by atoms with Crippen LogP contribution in [0.3, 0.4) is 0 Å². The van der Waals surface area contributed by atoms with E-state index in [1.807, 2.05) is 19.1 Å². The van der Waals surface area contributed by atoms with Gasteiger partial charge in [0, 0.05) is 23.3 Å². The Morgan fingerprint density at radius 3 is 2.83 bits per heavy atom. The van der Waals surface area contributed by atoms with Gasteiger partial charge in [0.25, 0.3) is 0 Å². The Bertz CT molecular complexity index is 887. The summed E-state index contributed by atoms with van der Waals surface area (Å²) in [6, 6.07) is 1.72. The average molecular weight is 400 g/mol. The summed E-state index contributed by atoms with van der Waals surface area (Å²) in [4.78, 5) is 37.6. The first-order valence-corrected chi connectivity index (χ1v) is 10.1. The number of hydrogen-bond acceptors (Lipinski definition) is 7. The van der Waals surface area contributed by atoms with E-state index in [1.165, 1.54) is 19.5 Å². The zero-order valence-corrected chi connectivity index (χ0v) is 16.5. The molecule has 2 aliphatic heterocycles. The molecule has 5 rings (SSSR count). The summed E-state index contributed by atoms with van der Waals surface area (Å²) < 4.78 is 22.4. The number of allylic oxidation sites excluding steroid dienone is 1. The highest BCUT2D eigenvalue weighted by Gasteiger charge is 2.70. The van der Waals surface area contributed by atoms with E-state index in [4.69, 9.17) is 18.6 Å². The van der Waals surface area contributed by atoms with Crippen LogP contribution < -0.4 is 0 Å². The van der Waals surface area contributed by atoms with E-state index in [1.54, 1.807) is 6.07 Å². The highest BCUT2D eigenvalue weighted by molar-refractivity contribution is 5.80. The zero-order chi connectivity index (χ0) is 20.4. The lowest BCUT2D eigenvalue weighted by Crippen LogP contribution is -2.64. The van der Waals surface area contributed by atoms with Gasteiger partial charge in [0.15, 0.2) is 6.10 Å². The maximum absolute atomic E-state index is 13.1. The van der Waals surface area contributed by atoms with Gasteiger partial charge in [0.05, 0.1) is 31.0 Å². The smallest absolute Gasteiger partial charge is 0.313 e. The molecule has 7 nitrogen and oxygen atoms in total. The fraction of sp³-hybridized carbons (Fsp3) is 0.591. The Kier molecular flexibility index (Phi) is 3.95. The highest BCUT2D eigenvalue weighted by atomic mass is 16.6. The van der Waals surface area contributed by atoms with Crippen molar-refractivity contribution >= 4 is 17.9 Å². The molecule has 7 atom stereocenters. The molecule has 7 unspecified atom stereocenters. The van der Waals surface area contributed by atoms with Crippen LogP contribution in [0.2, 0.25) is 0 Å². The molecule has 7 heteroatoms. The monoisotopic (exact) mass is 400 g/mol. The molecule has 0 aromatic carbocycles. The van der Waals surface area contributed by atoms with Gasteiger partial charge in [-0.25, -0.2) is 0 Å². The summed E-state index contributed by atoms with van der Waals surface area (Å²) >= 11 is 0.